The predicted molar refractivity (Wildman–Crippen MR) is 362 cm³/mol. The number of rotatable bonds is 27. The summed E-state index contributed by atoms with van der Waals surface area (Å²) < 4.78 is 14.7. The molecule has 0 aliphatic rings. The van der Waals surface area contributed by atoms with Crippen molar-refractivity contribution in [1.82, 2.24) is 0 Å². The molecule has 9 rings (SSSR count). The van der Waals surface area contributed by atoms with Crippen LogP contribution >= 0.6 is 36.1 Å². The van der Waals surface area contributed by atoms with E-state index in [0.717, 1.165) is 103 Å². The van der Waals surface area contributed by atoms with Crippen molar-refractivity contribution in [2.24, 2.45) is 0 Å². The van der Waals surface area contributed by atoms with Gasteiger partial charge in [0.25, 0.3) is 0 Å². The van der Waals surface area contributed by atoms with Crippen molar-refractivity contribution in [3.63, 3.8) is 0 Å². The zero-order chi connectivity index (χ0) is 62.9. The third-order valence-corrected chi connectivity index (χ3v) is 17.0. The van der Waals surface area contributed by atoms with Gasteiger partial charge in [-0.1, -0.05) is 290 Å². The van der Waals surface area contributed by atoms with Crippen molar-refractivity contribution >= 4 is 36.1 Å². The zero-order valence-electron chi connectivity index (χ0n) is 50.5. The minimum absolute atomic E-state index is 0.226. The Labute approximate surface area is 548 Å². The Bertz CT molecular complexity index is 3530. The molecule has 0 heterocycles. The molecule has 0 saturated carbocycles. The summed E-state index contributed by atoms with van der Waals surface area (Å²) in [6.07, 6.45) is 11.2. The fourth-order valence-electron chi connectivity index (χ4n) is 11.9. The highest BCUT2D eigenvalue weighted by molar-refractivity contribution is 7.99. The number of benzene rings is 9. The second-order valence-corrected chi connectivity index (χ2v) is 22.0. The van der Waals surface area contributed by atoms with Crippen LogP contribution in [0.15, 0.2) is 255 Å². The van der Waals surface area contributed by atoms with Gasteiger partial charge in [-0.15, -0.1) is 13.0 Å². The first kappa shape index (κ1) is 66.0. The Hall–Kier alpha value is -9.45. The standard InChI is InChI=1S/C79H64O9S3/c1-4-61-89-86-83-80-58-28-25-55-77(67-31-13-7-14-32-67,68-33-15-8-16-34-68)73-49-43-64(44-50-73)76(65-45-51-74(52-46-65)78(69-35-17-9-18-36-69,70-37-19-10-20-38-70)56-26-29-59-81-84-87-90-62-5-2)66-47-53-75(54-48-66)79(71-39-21-11-22-40-71,72-41-23-12-24-42-72)57-27-30-60-82-85-88-91-63-6-3/h7-24,31-54,76H,25-27,55-57H2,1-3H3. The fourth-order valence-corrected chi connectivity index (χ4v) is 12.4. The Morgan fingerprint density at radius 1 is 0.286 bits per heavy atom. The first-order valence-corrected chi connectivity index (χ1v) is 31.6. The second-order valence-electron chi connectivity index (χ2n) is 20.5. The van der Waals surface area contributed by atoms with E-state index in [4.69, 9.17) is 42.8 Å². The summed E-state index contributed by atoms with van der Waals surface area (Å²) in [6, 6.07) is 91.1. The molecule has 0 N–H and O–H groups in total. The maximum Gasteiger partial charge on any atom is 0.160 e. The van der Waals surface area contributed by atoms with Gasteiger partial charge < -0.3 is 0 Å². The highest BCUT2D eigenvalue weighted by Crippen LogP contribution is 2.48. The van der Waals surface area contributed by atoms with Gasteiger partial charge in [0, 0.05) is 56.5 Å². The molecule has 0 bridgehead atoms. The van der Waals surface area contributed by atoms with Crippen molar-refractivity contribution in [2.45, 2.75) is 81.5 Å². The summed E-state index contributed by atoms with van der Waals surface area (Å²) in [4.78, 5) is 15.2. The summed E-state index contributed by atoms with van der Waals surface area (Å²) in [6.45, 7) is 5.11. The van der Waals surface area contributed by atoms with Gasteiger partial charge in [-0.25, -0.2) is 0 Å². The summed E-state index contributed by atoms with van der Waals surface area (Å²) in [5.41, 5.74) is 11.6. The van der Waals surface area contributed by atoms with Crippen LogP contribution in [0.25, 0.3) is 0 Å². The molecule has 0 aromatic heterocycles. The lowest BCUT2D eigenvalue weighted by molar-refractivity contribution is -0.424. The third kappa shape index (κ3) is 17.1. The van der Waals surface area contributed by atoms with Gasteiger partial charge >= 0.3 is 0 Å². The van der Waals surface area contributed by atoms with Crippen molar-refractivity contribution in [2.75, 3.05) is 0 Å². The molecule has 0 aliphatic carbocycles. The van der Waals surface area contributed by atoms with E-state index in [-0.39, 0.29) is 5.92 Å². The average Bonchev–Trinajstić information content (AvgIpc) is 1.53. The van der Waals surface area contributed by atoms with E-state index in [1.165, 1.54) is 0 Å². The zero-order valence-corrected chi connectivity index (χ0v) is 52.9. The van der Waals surface area contributed by atoms with Crippen molar-refractivity contribution in [3.8, 4) is 69.6 Å². The summed E-state index contributed by atoms with van der Waals surface area (Å²) >= 11 is 2.45. The molecule has 452 valence electrons. The first-order chi connectivity index (χ1) is 45.1. The van der Waals surface area contributed by atoms with E-state index in [1.54, 1.807) is 20.8 Å². The lowest BCUT2D eigenvalue weighted by Gasteiger charge is -2.37. The summed E-state index contributed by atoms with van der Waals surface area (Å²) in [5, 5.41) is 22.4. The van der Waals surface area contributed by atoms with Gasteiger partial charge in [0.15, 0.2) is 18.3 Å². The molecule has 9 aromatic carbocycles. The highest BCUT2D eigenvalue weighted by atomic mass is 32.2. The molecular weight excluding hydrogens is 1190 g/mol. The topological polar surface area (TPSA) is 83.1 Å². The lowest BCUT2D eigenvalue weighted by atomic mass is 9.66. The monoisotopic (exact) mass is 1250 g/mol. The fraction of sp³-hybridized carbons (Fsp3) is 0.165. The van der Waals surface area contributed by atoms with Crippen LogP contribution in [0.4, 0.5) is 0 Å². The summed E-state index contributed by atoms with van der Waals surface area (Å²) in [5.74, 6) is 17.4. The average molecular weight is 1250 g/mol. The van der Waals surface area contributed by atoms with Gasteiger partial charge in [0.1, 0.15) is 36.1 Å². The molecule has 0 fully saturated rings. The van der Waals surface area contributed by atoms with Gasteiger partial charge in [-0.05, 0) is 123 Å². The van der Waals surface area contributed by atoms with Crippen LogP contribution in [-0.4, -0.2) is 0 Å². The molecule has 0 radical (unpaired) electrons. The minimum atomic E-state index is -0.616. The van der Waals surface area contributed by atoms with E-state index in [0.29, 0.717) is 38.5 Å². The quantitative estimate of drug-likeness (QED) is 0.0123. The molecule has 0 spiro atoms. The van der Waals surface area contributed by atoms with E-state index >= 15 is 0 Å². The normalized spacial score (nSPS) is 10.8. The molecule has 9 aromatic rings. The molecular formula is C79H64O9S3. The maximum absolute atomic E-state index is 5.05. The Morgan fingerprint density at radius 2 is 0.495 bits per heavy atom. The van der Waals surface area contributed by atoms with E-state index < -0.39 is 16.2 Å². The smallest absolute Gasteiger partial charge is 0.160 e. The van der Waals surface area contributed by atoms with Crippen LogP contribution in [0.3, 0.4) is 0 Å². The van der Waals surface area contributed by atoms with E-state index in [1.807, 2.05) is 36.4 Å². The first-order valence-electron chi connectivity index (χ1n) is 29.4. The molecule has 0 aliphatic heterocycles. The van der Waals surface area contributed by atoms with Crippen molar-refractivity contribution in [3.05, 3.63) is 322 Å². The van der Waals surface area contributed by atoms with Gasteiger partial charge in [0.2, 0.25) is 0 Å². The minimum Gasteiger partial charge on any atom is -0.251 e. The molecule has 0 unspecified atom stereocenters. The van der Waals surface area contributed by atoms with E-state index in [2.05, 4.69) is 288 Å². The molecule has 0 saturated heterocycles. The molecule has 91 heavy (non-hydrogen) atoms. The SMILES string of the molecule is CC#CSOOOC#CCCC(c1ccccc1)(c1ccccc1)c1ccc(C(c2ccc(C(CCC#COOOSC#CC)(c3ccccc3)c3ccccc3)cc2)c2ccc(C(CCC#COOOSC#CC)(c3ccccc3)c3ccccc3)cc2)cc1. The third-order valence-electron chi connectivity index (χ3n) is 15.7. The Morgan fingerprint density at radius 3 is 0.703 bits per heavy atom. The lowest BCUT2D eigenvalue weighted by Crippen LogP contribution is -2.30. The van der Waals surface area contributed by atoms with Crippen LogP contribution in [0, 0.1) is 69.6 Å². The van der Waals surface area contributed by atoms with Gasteiger partial charge in [-0.3, -0.25) is 14.7 Å². The largest absolute Gasteiger partial charge is 0.251 e. The molecule has 0 amide bonds. The molecule has 9 nitrogen and oxygen atoms in total. The Kier molecular flexibility index (Phi) is 25.9. The van der Waals surface area contributed by atoms with E-state index in [9.17, 15) is 0 Å². The number of hydrogen-bond donors (Lipinski definition) is 0. The highest BCUT2D eigenvalue weighted by Gasteiger charge is 2.39. The molecule has 0 atom stereocenters. The Balaban J connectivity index is 1.16. The maximum atomic E-state index is 5.05. The van der Waals surface area contributed by atoms with Crippen LogP contribution in [0.2, 0.25) is 0 Å². The van der Waals surface area contributed by atoms with Crippen LogP contribution in [0.1, 0.15) is 132 Å². The molecule has 12 heteroatoms. The van der Waals surface area contributed by atoms with Crippen molar-refractivity contribution in [1.29, 1.82) is 0 Å². The van der Waals surface area contributed by atoms with Crippen molar-refractivity contribution < 1.29 is 42.8 Å². The van der Waals surface area contributed by atoms with Crippen LogP contribution in [-0.2, 0) is 59.0 Å². The number of hydrogen-bond acceptors (Lipinski definition) is 12. The van der Waals surface area contributed by atoms with Crippen LogP contribution < -0.4 is 0 Å². The summed E-state index contributed by atoms with van der Waals surface area (Å²) in [7, 11) is 0. The van der Waals surface area contributed by atoms with Gasteiger partial charge in [-0.2, -0.15) is 0 Å². The predicted octanol–water partition coefficient (Wildman–Crippen LogP) is 18.6. The second kappa shape index (κ2) is 35.7. The van der Waals surface area contributed by atoms with Gasteiger partial charge in [0.05, 0.1) is 0 Å². The van der Waals surface area contributed by atoms with Crippen LogP contribution in [0.5, 0.6) is 0 Å².